The summed E-state index contributed by atoms with van der Waals surface area (Å²) >= 11 is 0. The van der Waals surface area contributed by atoms with Crippen LogP contribution in [-0.2, 0) is 9.59 Å². The molecule has 1 atom stereocenters. The molecule has 5 heteroatoms. The van der Waals surface area contributed by atoms with Crippen LogP contribution in [0.25, 0.3) is 0 Å². The van der Waals surface area contributed by atoms with Crippen LogP contribution in [0.5, 0.6) is 0 Å². The number of carbonyl (C=O) groups is 3. The average Bonchev–Trinajstić information content (AvgIpc) is 2.38. The number of amidine groups is 1. The monoisotopic (exact) mass is 270 g/mol. The number of nitrogens with zero attached hydrogens (tertiary/aromatic N) is 1. The number of hydrogen-bond acceptors (Lipinski definition) is 4. The molecule has 1 aromatic rings. The van der Waals surface area contributed by atoms with Gasteiger partial charge in [0.25, 0.3) is 5.91 Å². The highest BCUT2D eigenvalue weighted by Gasteiger charge is 2.31. The molecule has 20 heavy (non-hydrogen) atoms. The fourth-order valence-corrected chi connectivity index (χ4v) is 1.98. The van der Waals surface area contributed by atoms with Gasteiger partial charge in [-0.05, 0) is 26.0 Å². The lowest BCUT2D eigenvalue weighted by Crippen LogP contribution is -2.43. The second kappa shape index (κ2) is 5.61. The average molecular weight is 270 g/mol. The standard InChI is InChI=1S/C15H14N2O3/c1-9-8-12(19)13(10(2)18)14(16-9)17-15(20)11-6-4-3-5-7-11/h3-8,13H,1-2H3,(H,16,17,20). The quantitative estimate of drug-likeness (QED) is 0.827. The van der Waals surface area contributed by atoms with Crippen LogP contribution in [0.2, 0.25) is 0 Å². The fourth-order valence-electron chi connectivity index (χ4n) is 1.98. The number of aliphatic imine (C=N–C) groups is 1. The molecule has 1 aromatic carbocycles. The fraction of sp³-hybridized carbons (Fsp3) is 0.200. The summed E-state index contributed by atoms with van der Waals surface area (Å²) in [4.78, 5) is 39.6. The smallest absolute Gasteiger partial charge is 0.256 e. The van der Waals surface area contributed by atoms with Crippen molar-refractivity contribution in [3.63, 3.8) is 0 Å². The van der Waals surface area contributed by atoms with Crippen molar-refractivity contribution in [1.82, 2.24) is 5.32 Å². The van der Waals surface area contributed by atoms with Crippen molar-refractivity contribution in [3.05, 3.63) is 47.7 Å². The maximum atomic E-state index is 12.1. The van der Waals surface area contributed by atoms with Crippen LogP contribution in [0.1, 0.15) is 24.2 Å². The largest absolute Gasteiger partial charge is 0.309 e. The van der Waals surface area contributed by atoms with Gasteiger partial charge in [-0.15, -0.1) is 0 Å². The third-order valence-corrected chi connectivity index (χ3v) is 2.89. The summed E-state index contributed by atoms with van der Waals surface area (Å²) in [5.74, 6) is -2.01. The van der Waals surface area contributed by atoms with Gasteiger partial charge in [-0.3, -0.25) is 14.4 Å². The molecule has 1 amide bonds. The van der Waals surface area contributed by atoms with E-state index in [2.05, 4.69) is 10.3 Å². The Balaban J connectivity index is 2.26. The van der Waals surface area contributed by atoms with Gasteiger partial charge in [-0.1, -0.05) is 18.2 Å². The highest BCUT2D eigenvalue weighted by molar-refractivity contribution is 6.27. The second-order valence-electron chi connectivity index (χ2n) is 4.55. The van der Waals surface area contributed by atoms with Crippen molar-refractivity contribution in [2.45, 2.75) is 13.8 Å². The van der Waals surface area contributed by atoms with E-state index in [0.29, 0.717) is 11.3 Å². The van der Waals surface area contributed by atoms with Gasteiger partial charge in [0, 0.05) is 17.3 Å². The summed E-state index contributed by atoms with van der Waals surface area (Å²) in [5.41, 5.74) is 0.910. The molecule has 1 unspecified atom stereocenters. The lowest BCUT2D eigenvalue weighted by Gasteiger charge is -2.19. The first kappa shape index (κ1) is 13.9. The zero-order valence-corrected chi connectivity index (χ0v) is 11.2. The molecule has 0 saturated heterocycles. The molecule has 0 bridgehead atoms. The molecule has 1 N–H and O–H groups in total. The Morgan fingerprint density at radius 3 is 2.45 bits per heavy atom. The maximum absolute atomic E-state index is 12.1. The highest BCUT2D eigenvalue weighted by atomic mass is 16.2. The second-order valence-corrected chi connectivity index (χ2v) is 4.55. The van der Waals surface area contributed by atoms with Gasteiger partial charge >= 0.3 is 0 Å². The molecule has 102 valence electrons. The Morgan fingerprint density at radius 1 is 1.20 bits per heavy atom. The van der Waals surface area contributed by atoms with E-state index in [1.165, 1.54) is 13.0 Å². The van der Waals surface area contributed by atoms with Crippen molar-refractivity contribution >= 4 is 23.3 Å². The highest BCUT2D eigenvalue weighted by Crippen LogP contribution is 2.14. The van der Waals surface area contributed by atoms with Gasteiger partial charge in [0.2, 0.25) is 0 Å². The number of amides is 1. The van der Waals surface area contributed by atoms with Crippen LogP contribution >= 0.6 is 0 Å². The third-order valence-electron chi connectivity index (χ3n) is 2.89. The Labute approximate surface area is 116 Å². The van der Waals surface area contributed by atoms with Crippen molar-refractivity contribution < 1.29 is 14.4 Å². The maximum Gasteiger partial charge on any atom is 0.256 e. The topological polar surface area (TPSA) is 75.6 Å². The van der Waals surface area contributed by atoms with E-state index >= 15 is 0 Å². The number of ketones is 2. The lowest BCUT2D eigenvalue weighted by atomic mass is 9.95. The zero-order chi connectivity index (χ0) is 14.7. The summed E-state index contributed by atoms with van der Waals surface area (Å²) in [7, 11) is 0. The number of carbonyl (C=O) groups excluding carboxylic acids is 3. The summed E-state index contributed by atoms with van der Waals surface area (Å²) in [6.45, 7) is 2.95. The minimum Gasteiger partial charge on any atom is -0.309 e. The molecule has 5 nitrogen and oxygen atoms in total. The van der Waals surface area contributed by atoms with E-state index in [1.807, 2.05) is 0 Å². The van der Waals surface area contributed by atoms with E-state index < -0.39 is 11.8 Å². The van der Waals surface area contributed by atoms with Gasteiger partial charge in [0.15, 0.2) is 5.78 Å². The summed E-state index contributed by atoms with van der Waals surface area (Å²) < 4.78 is 0. The number of Topliss-reactive ketones (excluding diaryl/α,β-unsaturated/α-hetero) is 1. The van der Waals surface area contributed by atoms with Crippen molar-refractivity contribution in [1.29, 1.82) is 0 Å². The van der Waals surface area contributed by atoms with Gasteiger partial charge in [-0.2, -0.15) is 0 Å². The molecular formula is C15H14N2O3. The predicted octanol–water partition coefficient (Wildman–Crippen LogP) is 1.51. The van der Waals surface area contributed by atoms with Crippen molar-refractivity contribution in [2.24, 2.45) is 10.9 Å². The van der Waals surface area contributed by atoms with Crippen molar-refractivity contribution in [2.75, 3.05) is 0 Å². The number of rotatable bonds is 2. The SMILES string of the molecule is CC(=O)C1C(=O)C=C(C)N=C1NC(=O)c1ccccc1. The molecule has 2 rings (SSSR count). The molecule has 1 aliphatic rings. The van der Waals surface area contributed by atoms with Gasteiger partial charge < -0.3 is 5.32 Å². The minimum absolute atomic E-state index is 0.0938. The van der Waals surface area contributed by atoms with E-state index in [0.717, 1.165) is 0 Å². The van der Waals surface area contributed by atoms with Crippen LogP contribution < -0.4 is 5.32 Å². The summed E-state index contributed by atoms with van der Waals surface area (Å²) in [6, 6.07) is 8.55. The molecular weight excluding hydrogens is 256 g/mol. The van der Waals surface area contributed by atoms with Crippen molar-refractivity contribution in [3.8, 4) is 0 Å². The zero-order valence-electron chi connectivity index (χ0n) is 11.2. The normalized spacial score (nSPS) is 18.1. The van der Waals surface area contributed by atoms with Gasteiger partial charge in [0.05, 0.1) is 0 Å². The summed E-state index contributed by atoms with van der Waals surface area (Å²) in [6.07, 6.45) is 1.31. The van der Waals surface area contributed by atoms with Gasteiger partial charge in [0.1, 0.15) is 17.5 Å². The third kappa shape index (κ3) is 2.88. The van der Waals surface area contributed by atoms with E-state index in [1.54, 1.807) is 37.3 Å². The first-order valence-corrected chi connectivity index (χ1v) is 6.16. The molecule has 0 fully saturated rings. The molecule has 1 aliphatic heterocycles. The Hall–Kier alpha value is -2.56. The van der Waals surface area contributed by atoms with Crippen LogP contribution in [0.3, 0.4) is 0 Å². The molecule has 0 saturated carbocycles. The molecule has 0 aromatic heterocycles. The number of benzene rings is 1. The van der Waals surface area contributed by atoms with E-state index in [9.17, 15) is 14.4 Å². The number of allylic oxidation sites excluding steroid dienone is 2. The van der Waals surface area contributed by atoms with Crippen LogP contribution in [0.15, 0.2) is 47.1 Å². The first-order chi connectivity index (χ1) is 9.49. The van der Waals surface area contributed by atoms with Crippen LogP contribution in [-0.4, -0.2) is 23.3 Å². The summed E-state index contributed by atoms with van der Waals surface area (Å²) in [5, 5.41) is 2.56. The molecule has 0 spiro atoms. The molecule has 1 heterocycles. The molecule has 0 radical (unpaired) electrons. The Kier molecular flexibility index (Phi) is 3.89. The van der Waals surface area contributed by atoms with Crippen LogP contribution in [0, 0.1) is 5.92 Å². The first-order valence-electron chi connectivity index (χ1n) is 6.16. The molecule has 0 aliphatic carbocycles. The van der Waals surface area contributed by atoms with E-state index in [4.69, 9.17) is 0 Å². The van der Waals surface area contributed by atoms with Gasteiger partial charge in [-0.25, -0.2) is 4.99 Å². The lowest BCUT2D eigenvalue weighted by molar-refractivity contribution is -0.126. The Morgan fingerprint density at radius 2 is 1.85 bits per heavy atom. The minimum atomic E-state index is -1.02. The number of hydrogen-bond donors (Lipinski definition) is 1. The Bertz CT molecular complexity index is 630. The van der Waals surface area contributed by atoms with E-state index in [-0.39, 0.29) is 17.4 Å². The predicted molar refractivity (Wildman–Crippen MR) is 74.3 cm³/mol. The number of nitrogens with one attached hydrogen (secondary N) is 1. The van der Waals surface area contributed by atoms with Crippen LogP contribution in [0.4, 0.5) is 0 Å².